The highest BCUT2D eigenvalue weighted by atomic mass is 79.9. The van der Waals surface area contributed by atoms with E-state index in [1.165, 1.54) is 24.8 Å². The van der Waals surface area contributed by atoms with Crippen molar-refractivity contribution in [3.05, 3.63) is 35.9 Å². The SMILES string of the molecule is CCC(CC)(CBr)CC(C)COCc1ccccc1. The Labute approximate surface area is 126 Å². The molecule has 0 saturated heterocycles. The molecule has 0 N–H and O–H groups in total. The largest absolute Gasteiger partial charge is 0.376 e. The maximum absolute atomic E-state index is 5.85. The van der Waals surface area contributed by atoms with Crippen LogP contribution < -0.4 is 0 Å². The highest BCUT2D eigenvalue weighted by molar-refractivity contribution is 9.09. The summed E-state index contributed by atoms with van der Waals surface area (Å²) in [6.07, 6.45) is 3.70. The molecule has 0 fully saturated rings. The quantitative estimate of drug-likeness (QED) is 0.550. The van der Waals surface area contributed by atoms with Crippen LogP contribution in [0.4, 0.5) is 0 Å². The molecule has 0 heterocycles. The maximum Gasteiger partial charge on any atom is 0.0717 e. The number of halogens is 1. The zero-order valence-electron chi connectivity index (χ0n) is 12.5. The summed E-state index contributed by atoms with van der Waals surface area (Å²) < 4.78 is 5.85. The van der Waals surface area contributed by atoms with Crippen molar-refractivity contribution in [3.63, 3.8) is 0 Å². The molecule has 1 rings (SSSR count). The summed E-state index contributed by atoms with van der Waals surface area (Å²) in [5.41, 5.74) is 1.70. The molecule has 0 aliphatic heterocycles. The molecule has 0 aromatic heterocycles. The second-order valence-electron chi connectivity index (χ2n) is 5.65. The minimum atomic E-state index is 0.440. The van der Waals surface area contributed by atoms with Crippen molar-refractivity contribution in [1.29, 1.82) is 0 Å². The van der Waals surface area contributed by atoms with Crippen LogP contribution in [-0.2, 0) is 11.3 Å². The first kappa shape index (κ1) is 16.7. The molecule has 1 aromatic carbocycles. The first-order chi connectivity index (χ1) is 9.15. The lowest BCUT2D eigenvalue weighted by Crippen LogP contribution is -2.25. The fourth-order valence-corrected chi connectivity index (χ4v) is 3.55. The van der Waals surface area contributed by atoms with E-state index in [1.54, 1.807) is 0 Å². The van der Waals surface area contributed by atoms with Gasteiger partial charge in [-0.3, -0.25) is 0 Å². The summed E-state index contributed by atoms with van der Waals surface area (Å²) in [6, 6.07) is 10.4. The maximum atomic E-state index is 5.85. The number of ether oxygens (including phenoxy) is 1. The zero-order chi connectivity index (χ0) is 14.1. The van der Waals surface area contributed by atoms with Crippen LogP contribution in [0.3, 0.4) is 0 Å². The minimum Gasteiger partial charge on any atom is -0.376 e. The van der Waals surface area contributed by atoms with E-state index in [0.29, 0.717) is 11.3 Å². The van der Waals surface area contributed by atoms with Crippen LogP contribution in [0.2, 0.25) is 0 Å². The summed E-state index contributed by atoms with van der Waals surface area (Å²) in [7, 11) is 0. The van der Waals surface area contributed by atoms with Crippen molar-refractivity contribution in [2.75, 3.05) is 11.9 Å². The molecular weight excluding hydrogens is 300 g/mol. The highest BCUT2D eigenvalue weighted by Crippen LogP contribution is 2.35. The third kappa shape index (κ3) is 5.66. The van der Waals surface area contributed by atoms with Crippen LogP contribution in [0.5, 0.6) is 0 Å². The number of rotatable bonds is 9. The van der Waals surface area contributed by atoms with Crippen LogP contribution in [0, 0.1) is 11.3 Å². The molecule has 1 atom stereocenters. The van der Waals surface area contributed by atoms with Gasteiger partial charge in [0.15, 0.2) is 0 Å². The van der Waals surface area contributed by atoms with Crippen molar-refractivity contribution in [1.82, 2.24) is 0 Å². The Bertz CT molecular complexity index is 324. The van der Waals surface area contributed by atoms with Crippen molar-refractivity contribution in [2.24, 2.45) is 11.3 Å². The molecule has 1 aromatic rings. The first-order valence-electron chi connectivity index (χ1n) is 7.33. The Kier molecular flexibility index (Phi) is 7.70. The normalized spacial score (nSPS) is 13.5. The molecular formula is C17H27BrO. The fraction of sp³-hybridized carbons (Fsp3) is 0.647. The van der Waals surface area contributed by atoms with E-state index in [9.17, 15) is 0 Å². The zero-order valence-corrected chi connectivity index (χ0v) is 14.1. The Balaban J connectivity index is 2.33. The van der Waals surface area contributed by atoms with Gasteiger partial charge >= 0.3 is 0 Å². The van der Waals surface area contributed by atoms with E-state index in [1.807, 2.05) is 6.07 Å². The molecule has 0 radical (unpaired) electrons. The average Bonchev–Trinajstić information content (AvgIpc) is 2.46. The van der Waals surface area contributed by atoms with E-state index >= 15 is 0 Å². The van der Waals surface area contributed by atoms with Gasteiger partial charge in [-0.1, -0.05) is 67.0 Å². The summed E-state index contributed by atoms with van der Waals surface area (Å²) >= 11 is 3.69. The molecule has 1 unspecified atom stereocenters. The van der Waals surface area contributed by atoms with Gasteiger partial charge in [0, 0.05) is 11.9 Å². The van der Waals surface area contributed by atoms with Gasteiger partial charge in [0.25, 0.3) is 0 Å². The average molecular weight is 327 g/mol. The number of alkyl halides is 1. The predicted octanol–water partition coefficient (Wildman–Crippen LogP) is 5.43. The van der Waals surface area contributed by atoms with E-state index in [0.717, 1.165) is 18.5 Å². The van der Waals surface area contributed by atoms with Gasteiger partial charge in [-0.25, -0.2) is 0 Å². The Hall–Kier alpha value is -0.340. The monoisotopic (exact) mass is 326 g/mol. The molecule has 0 bridgehead atoms. The van der Waals surface area contributed by atoms with Crippen molar-refractivity contribution in [2.45, 2.75) is 46.6 Å². The van der Waals surface area contributed by atoms with E-state index in [-0.39, 0.29) is 0 Å². The lowest BCUT2D eigenvalue weighted by atomic mass is 9.77. The first-order valence-corrected chi connectivity index (χ1v) is 8.45. The van der Waals surface area contributed by atoms with Crippen LogP contribution in [0.15, 0.2) is 30.3 Å². The minimum absolute atomic E-state index is 0.440. The van der Waals surface area contributed by atoms with Gasteiger partial charge in [-0.05, 0) is 36.2 Å². The van der Waals surface area contributed by atoms with Gasteiger partial charge in [-0.2, -0.15) is 0 Å². The lowest BCUT2D eigenvalue weighted by Gasteiger charge is -2.32. The smallest absolute Gasteiger partial charge is 0.0717 e. The number of hydrogen-bond acceptors (Lipinski definition) is 1. The Morgan fingerprint density at radius 2 is 1.79 bits per heavy atom. The molecule has 0 aliphatic carbocycles. The molecule has 2 heteroatoms. The summed E-state index contributed by atoms with van der Waals surface area (Å²) in [5, 5.41) is 1.09. The standard InChI is InChI=1S/C17H27BrO/c1-4-17(5-2,14-18)11-15(3)12-19-13-16-9-7-6-8-10-16/h6-10,15H,4-5,11-14H2,1-3H3. The van der Waals surface area contributed by atoms with Gasteiger partial charge < -0.3 is 4.74 Å². The van der Waals surface area contributed by atoms with Gasteiger partial charge in [0.05, 0.1) is 6.61 Å². The fourth-order valence-electron chi connectivity index (χ4n) is 2.53. The summed E-state index contributed by atoms with van der Waals surface area (Å²) in [6.45, 7) is 8.47. The second kappa shape index (κ2) is 8.76. The van der Waals surface area contributed by atoms with Crippen molar-refractivity contribution >= 4 is 15.9 Å². The molecule has 0 saturated carbocycles. The summed E-state index contributed by atoms with van der Waals surface area (Å²) in [5.74, 6) is 0.612. The highest BCUT2D eigenvalue weighted by Gasteiger charge is 2.26. The van der Waals surface area contributed by atoms with E-state index < -0.39 is 0 Å². The van der Waals surface area contributed by atoms with Crippen LogP contribution in [0.1, 0.15) is 45.6 Å². The molecule has 0 spiro atoms. The molecule has 0 amide bonds. The number of benzene rings is 1. The van der Waals surface area contributed by atoms with Gasteiger partial charge in [-0.15, -0.1) is 0 Å². The van der Waals surface area contributed by atoms with Crippen molar-refractivity contribution < 1.29 is 4.74 Å². The number of hydrogen-bond donors (Lipinski definition) is 0. The third-order valence-corrected chi connectivity index (χ3v) is 5.27. The molecule has 1 nitrogen and oxygen atoms in total. The van der Waals surface area contributed by atoms with Crippen LogP contribution >= 0.6 is 15.9 Å². The van der Waals surface area contributed by atoms with Crippen LogP contribution in [-0.4, -0.2) is 11.9 Å². The van der Waals surface area contributed by atoms with E-state index in [4.69, 9.17) is 4.74 Å². The topological polar surface area (TPSA) is 9.23 Å². The van der Waals surface area contributed by atoms with Gasteiger partial charge in [0.1, 0.15) is 0 Å². The Morgan fingerprint density at radius 1 is 1.16 bits per heavy atom. The van der Waals surface area contributed by atoms with Crippen molar-refractivity contribution in [3.8, 4) is 0 Å². The third-order valence-electron chi connectivity index (χ3n) is 4.08. The lowest BCUT2D eigenvalue weighted by molar-refractivity contribution is 0.0726. The van der Waals surface area contributed by atoms with Crippen LogP contribution in [0.25, 0.3) is 0 Å². The molecule has 19 heavy (non-hydrogen) atoms. The predicted molar refractivity (Wildman–Crippen MR) is 86.7 cm³/mol. The second-order valence-corrected chi connectivity index (χ2v) is 6.21. The molecule has 0 aliphatic rings. The Morgan fingerprint density at radius 3 is 2.32 bits per heavy atom. The summed E-state index contributed by atoms with van der Waals surface area (Å²) in [4.78, 5) is 0. The molecule has 108 valence electrons. The van der Waals surface area contributed by atoms with E-state index in [2.05, 4.69) is 61.0 Å². The van der Waals surface area contributed by atoms with Gasteiger partial charge in [0.2, 0.25) is 0 Å².